The number of hydrogen-bond donors (Lipinski definition) is 7. The molecule has 0 bridgehead atoms. The Morgan fingerprint density at radius 1 is 1.05 bits per heavy atom. The van der Waals surface area contributed by atoms with Crippen molar-refractivity contribution in [3.8, 4) is 11.5 Å². The Morgan fingerprint density at radius 2 is 1.76 bits per heavy atom. The van der Waals surface area contributed by atoms with Crippen LogP contribution in [0.5, 0.6) is 11.5 Å². The first-order valence-corrected chi connectivity index (χ1v) is 12.4. The van der Waals surface area contributed by atoms with Crippen LogP contribution in [-0.4, -0.2) is 66.5 Å². The van der Waals surface area contributed by atoms with Gasteiger partial charge in [-0.2, -0.15) is 0 Å². The number of anilines is 3. The third kappa shape index (κ3) is 6.81. The molecule has 0 radical (unpaired) electrons. The molecular formula is C28H38N2O7. The molecular weight excluding hydrogens is 476 g/mol. The van der Waals surface area contributed by atoms with Crippen LogP contribution in [0.15, 0.2) is 48.0 Å². The number of phenols is 2. The maximum atomic E-state index is 13.4. The van der Waals surface area contributed by atoms with E-state index in [0.29, 0.717) is 29.0 Å². The third-order valence-electron chi connectivity index (χ3n) is 6.94. The molecule has 1 amide bonds. The van der Waals surface area contributed by atoms with E-state index in [0.717, 1.165) is 5.57 Å². The topological polar surface area (TPSA) is 154 Å². The fraction of sp³-hybridized carbons (Fsp3) is 0.464. The second-order valence-corrected chi connectivity index (χ2v) is 10.6. The minimum absolute atomic E-state index is 0.00529. The smallest absolute Gasteiger partial charge is 0.260 e. The average molecular weight is 515 g/mol. The number of amides is 1. The SMILES string of the molecule is C/C(=C\CN1C(=O)c2cccc(O)c2Nc2ccc(O)cc21)CCC(O)C(C)(O)CCC(O)C(C)(C)O. The maximum absolute atomic E-state index is 13.4. The molecule has 37 heavy (non-hydrogen) atoms. The predicted molar refractivity (Wildman–Crippen MR) is 142 cm³/mol. The van der Waals surface area contributed by atoms with Gasteiger partial charge in [-0.3, -0.25) is 4.79 Å². The fourth-order valence-corrected chi connectivity index (χ4v) is 4.24. The number of hydrogen-bond acceptors (Lipinski definition) is 8. The van der Waals surface area contributed by atoms with Crippen LogP contribution in [0.4, 0.5) is 17.1 Å². The van der Waals surface area contributed by atoms with E-state index in [4.69, 9.17) is 0 Å². The van der Waals surface area contributed by atoms with E-state index in [1.165, 1.54) is 43.9 Å². The van der Waals surface area contributed by atoms with Gasteiger partial charge in [0.1, 0.15) is 11.5 Å². The minimum atomic E-state index is -1.44. The number of phenolic OH excluding ortho intramolecular Hbond substituents is 2. The Hall–Kier alpha value is -3.11. The van der Waals surface area contributed by atoms with E-state index in [1.807, 2.05) is 13.0 Å². The van der Waals surface area contributed by atoms with Gasteiger partial charge in [-0.15, -0.1) is 0 Å². The molecule has 3 rings (SSSR count). The molecule has 0 saturated heterocycles. The number of aliphatic hydroxyl groups is 4. The molecule has 3 atom stereocenters. The van der Waals surface area contributed by atoms with Gasteiger partial charge in [-0.1, -0.05) is 17.7 Å². The summed E-state index contributed by atoms with van der Waals surface area (Å²) in [6, 6.07) is 9.31. The van der Waals surface area contributed by atoms with Crippen molar-refractivity contribution >= 4 is 23.0 Å². The number of nitrogens with zero attached hydrogens (tertiary/aromatic N) is 1. The van der Waals surface area contributed by atoms with Gasteiger partial charge in [0.25, 0.3) is 5.91 Å². The summed E-state index contributed by atoms with van der Waals surface area (Å²) in [6.07, 6.45) is 0.733. The Morgan fingerprint density at radius 3 is 2.43 bits per heavy atom. The highest BCUT2D eigenvalue weighted by molar-refractivity contribution is 6.14. The number of fused-ring (bicyclic) bond motifs is 2. The van der Waals surface area contributed by atoms with Crippen LogP contribution in [-0.2, 0) is 0 Å². The number of carbonyl (C=O) groups excluding carboxylic acids is 1. The molecule has 7 N–H and O–H groups in total. The number of nitrogens with one attached hydrogen (secondary N) is 1. The summed E-state index contributed by atoms with van der Waals surface area (Å²) in [7, 11) is 0. The van der Waals surface area contributed by atoms with Crippen molar-refractivity contribution in [2.24, 2.45) is 0 Å². The lowest BCUT2D eigenvalue weighted by Crippen LogP contribution is -2.42. The van der Waals surface area contributed by atoms with E-state index < -0.39 is 23.4 Å². The van der Waals surface area contributed by atoms with Crippen molar-refractivity contribution in [1.82, 2.24) is 0 Å². The number of aliphatic hydroxyl groups excluding tert-OH is 2. The van der Waals surface area contributed by atoms with Crippen LogP contribution in [0, 0.1) is 0 Å². The molecule has 1 aliphatic rings. The molecule has 0 spiro atoms. The van der Waals surface area contributed by atoms with Gasteiger partial charge in [-0.25, -0.2) is 0 Å². The van der Waals surface area contributed by atoms with Crippen LogP contribution in [0.2, 0.25) is 0 Å². The Kier molecular flexibility index (Phi) is 8.54. The van der Waals surface area contributed by atoms with E-state index in [9.17, 15) is 35.4 Å². The maximum Gasteiger partial charge on any atom is 0.260 e. The summed E-state index contributed by atoms with van der Waals surface area (Å²) >= 11 is 0. The molecule has 0 saturated carbocycles. The first-order valence-electron chi connectivity index (χ1n) is 12.4. The molecule has 2 aromatic carbocycles. The zero-order chi connectivity index (χ0) is 27.5. The van der Waals surface area contributed by atoms with E-state index >= 15 is 0 Å². The zero-order valence-corrected chi connectivity index (χ0v) is 21.8. The van der Waals surface area contributed by atoms with Crippen molar-refractivity contribution in [3.63, 3.8) is 0 Å². The number of benzene rings is 2. The molecule has 0 aromatic heterocycles. The van der Waals surface area contributed by atoms with Crippen molar-refractivity contribution in [1.29, 1.82) is 0 Å². The second-order valence-electron chi connectivity index (χ2n) is 10.6. The highest BCUT2D eigenvalue weighted by Crippen LogP contribution is 2.41. The Bertz CT molecular complexity index is 1150. The molecule has 202 valence electrons. The molecule has 9 heteroatoms. The zero-order valence-electron chi connectivity index (χ0n) is 21.8. The van der Waals surface area contributed by atoms with Crippen LogP contribution in [0.25, 0.3) is 0 Å². The van der Waals surface area contributed by atoms with E-state index in [1.54, 1.807) is 18.2 Å². The standard InChI is InChI=1S/C28H38N2O7/c1-17(8-11-24(34)28(4,37)14-12-23(33)27(2,3)36)13-15-30-21-16-18(31)9-10-20(21)29-25-19(26(30)35)6-5-7-22(25)32/h5-7,9-10,13,16,23-24,29,31-34,36-37H,8,11-12,14-15H2,1-4H3/b17-13+. The molecule has 3 unspecified atom stereocenters. The monoisotopic (exact) mass is 514 g/mol. The van der Waals surface area contributed by atoms with Crippen LogP contribution in [0.1, 0.15) is 63.7 Å². The van der Waals surface area contributed by atoms with Crippen molar-refractivity contribution < 1.29 is 35.4 Å². The first kappa shape index (κ1) is 28.5. The van der Waals surface area contributed by atoms with Gasteiger partial charge in [0.15, 0.2) is 0 Å². The Balaban J connectivity index is 1.71. The summed E-state index contributed by atoms with van der Waals surface area (Å²) in [5, 5.41) is 64.7. The summed E-state index contributed by atoms with van der Waals surface area (Å²) < 4.78 is 0. The predicted octanol–water partition coefficient (Wildman–Crippen LogP) is 3.55. The summed E-state index contributed by atoms with van der Waals surface area (Å²) in [5.41, 5.74) is -0.260. The van der Waals surface area contributed by atoms with Crippen LogP contribution < -0.4 is 10.2 Å². The highest BCUT2D eigenvalue weighted by atomic mass is 16.3. The summed E-state index contributed by atoms with van der Waals surface area (Å²) in [6.45, 7) is 6.53. The lowest BCUT2D eigenvalue weighted by Gasteiger charge is -2.32. The summed E-state index contributed by atoms with van der Waals surface area (Å²) in [4.78, 5) is 14.9. The van der Waals surface area contributed by atoms with Gasteiger partial charge < -0.3 is 40.9 Å². The van der Waals surface area contributed by atoms with Crippen LogP contribution >= 0.6 is 0 Å². The molecule has 0 fully saturated rings. The van der Waals surface area contributed by atoms with Gasteiger partial charge in [0, 0.05) is 12.6 Å². The number of carbonyl (C=O) groups is 1. The lowest BCUT2D eigenvalue weighted by molar-refractivity contribution is -0.0946. The van der Waals surface area contributed by atoms with E-state index in [2.05, 4.69) is 5.32 Å². The second kappa shape index (κ2) is 11.1. The van der Waals surface area contributed by atoms with Crippen molar-refractivity contribution in [2.45, 2.75) is 76.8 Å². The minimum Gasteiger partial charge on any atom is -0.508 e. The molecule has 1 heterocycles. The van der Waals surface area contributed by atoms with Crippen LogP contribution in [0.3, 0.4) is 0 Å². The first-order chi connectivity index (χ1) is 17.2. The normalized spacial score (nSPS) is 17.2. The molecule has 9 nitrogen and oxygen atoms in total. The molecule has 1 aliphatic heterocycles. The van der Waals surface area contributed by atoms with Gasteiger partial charge in [0.2, 0.25) is 0 Å². The largest absolute Gasteiger partial charge is 0.508 e. The average Bonchev–Trinajstić information content (AvgIpc) is 2.93. The van der Waals surface area contributed by atoms with Gasteiger partial charge in [-0.05, 0) is 77.6 Å². The highest BCUT2D eigenvalue weighted by Gasteiger charge is 2.33. The number of rotatable bonds is 10. The third-order valence-corrected chi connectivity index (χ3v) is 6.94. The Labute approximate surface area is 217 Å². The molecule has 2 aromatic rings. The molecule has 0 aliphatic carbocycles. The van der Waals surface area contributed by atoms with Gasteiger partial charge in [0.05, 0.1) is 46.0 Å². The number of para-hydroxylation sites is 1. The number of aromatic hydroxyl groups is 2. The van der Waals surface area contributed by atoms with E-state index in [-0.39, 0.29) is 43.2 Å². The van der Waals surface area contributed by atoms with Crippen molar-refractivity contribution in [2.75, 3.05) is 16.8 Å². The van der Waals surface area contributed by atoms with Gasteiger partial charge >= 0.3 is 0 Å². The van der Waals surface area contributed by atoms with Crippen molar-refractivity contribution in [3.05, 3.63) is 53.6 Å². The quantitative estimate of drug-likeness (QED) is 0.144. The number of allylic oxidation sites excluding steroid dienone is 1. The fourth-order valence-electron chi connectivity index (χ4n) is 4.24. The summed E-state index contributed by atoms with van der Waals surface area (Å²) in [5.74, 6) is -0.413. The lowest BCUT2D eigenvalue weighted by atomic mass is 9.86.